The van der Waals surface area contributed by atoms with Crippen LogP contribution < -0.4 is 5.32 Å². The van der Waals surface area contributed by atoms with E-state index in [0.717, 1.165) is 35.2 Å². The molecule has 1 atom stereocenters. The average Bonchev–Trinajstić information content (AvgIpc) is 3.25. The zero-order valence-corrected chi connectivity index (χ0v) is 18.0. The Kier molecular flexibility index (Phi) is 5.89. The molecule has 1 aliphatic rings. The van der Waals surface area contributed by atoms with Gasteiger partial charge in [-0.1, -0.05) is 54.6 Å². The molecule has 2 N–H and O–H groups in total. The van der Waals surface area contributed by atoms with Crippen molar-refractivity contribution in [1.29, 1.82) is 0 Å². The molecule has 2 amide bonds. The van der Waals surface area contributed by atoms with E-state index in [4.69, 9.17) is 0 Å². The molecule has 0 aliphatic carbocycles. The minimum absolute atomic E-state index is 0.0169. The second-order valence-electron chi connectivity index (χ2n) is 8.30. The van der Waals surface area contributed by atoms with Crippen molar-refractivity contribution in [2.75, 3.05) is 20.1 Å². The van der Waals surface area contributed by atoms with Crippen LogP contribution in [0, 0.1) is 12.3 Å². The van der Waals surface area contributed by atoms with E-state index in [2.05, 4.69) is 39.8 Å². The van der Waals surface area contributed by atoms with Gasteiger partial charge in [0.05, 0.1) is 17.2 Å². The van der Waals surface area contributed by atoms with Gasteiger partial charge in [-0.2, -0.15) is 5.10 Å². The fraction of sp³-hybridized carbons (Fsp3) is 0.320. The Morgan fingerprint density at radius 2 is 1.87 bits per heavy atom. The van der Waals surface area contributed by atoms with Crippen molar-refractivity contribution in [1.82, 2.24) is 20.4 Å². The number of rotatable bonds is 5. The van der Waals surface area contributed by atoms with E-state index in [0.29, 0.717) is 25.1 Å². The maximum absolute atomic E-state index is 13.2. The molecule has 1 aliphatic heterocycles. The van der Waals surface area contributed by atoms with Gasteiger partial charge in [0.2, 0.25) is 5.91 Å². The van der Waals surface area contributed by atoms with Crippen LogP contribution in [0.3, 0.4) is 0 Å². The molecule has 0 saturated carbocycles. The highest BCUT2D eigenvalue weighted by atomic mass is 16.2. The molecule has 1 aromatic heterocycles. The summed E-state index contributed by atoms with van der Waals surface area (Å²) in [7, 11) is 1.67. The second-order valence-corrected chi connectivity index (χ2v) is 8.30. The van der Waals surface area contributed by atoms with Crippen LogP contribution in [0.2, 0.25) is 0 Å². The summed E-state index contributed by atoms with van der Waals surface area (Å²) in [6.45, 7) is 2.87. The van der Waals surface area contributed by atoms with Gasteiger partial charge in [0.1, 0.15) is 0 Å². The van der Waals surface area contributed by atoms with Crippen molar-refractivity contribution in [2.45, 2.75) is 26.2 Å². The highest BCUT2D eigenvalue weighted by Gasteiger charge is 2.43. The number of aromatic nitrogens is 2. The summed E-state index contributed by atoms with van der Waals surface area (Å²) < 4.78 is 0. The first-order valence-corrected chi connectivity index (χ1v) is 10.7. The highest BCUT2D eigenvalue weighted by molar-refractivity contribution is 5.95. The number of carbonyl (C=O) groups is 2. The van der Waals surface area contributed by atoms with Crippen LogP contribution in [0.1, 0.15) is 34.5 Å². The normalized spacial score (nSPS) is 18.6. The number of piperidine rings is 1. The molecule has 2 heterocycles. The summed E-state index contributed by atoms with van der Waals surface area (Å²) >= 11 is 0. The van der Waals surface area contributed by atoms with E-state index in [1.807, 2.05) is 42.2 Å². The van der Waals surface area contributed by atoms with Crippen LogP contribution in [0.5, 0.6) is 0 Å². The third kappa shape index (κ3) is 4.10. The zero-order chi connectivity index (χ0) is 21.8. The van der Waals surface area contributed by atoms with Crippen LogP contribution in [0.4, 0.5) is 0 Å². The van der Waals surface area contributed by atoms with Gasteiger partial charge in [-0.3, -0.25) is 14.7 Å². The van der Waals surface area contributed by atoms with Crippen molar-refractivity contribution in [3.63, 3.8) is 0 Å². The van der Waals surface area contributed by atoms with Gasteiger partial charge in [0.25, 0.3) is 5.91 Å². The molecule has 31 heavy (non-hydrogen) atoms. The van der Waals surface area contributed by atoms with E-state index < -0.39 is 5.41 Å². The van der Waals surface area contributed by atoms with E-state index in [9.17, 15) is 9.59 Å². The van der Waals surface area contributed by atoms with E-state index >= 15 is 0 Å². The summed E-state index contributed by atoms with van der Waals surface area (Å²) in [6.07, 6.45) is 3.66. The van der Waals surface area contributed by atoms with Crippen LogP contribution >= 0.6 is 0 Å². The first-order chi connectivity index (χ1) is 15.0. The number of nitrogens with zero attached hydrogens (tertiary/aromatic N) is 2. The van der Waals surface area contributed by atoms with Crippen LogP contribution in [0.25, 0.3) is 11.1 Å². The molecule has 6 nitrogen and oxygen atoms in total. The van der Waals surface area contributed by atoms with Crippen LogP contribution in [0.15, 0.2) is 60.8 Å². The standard InChI is InChI=1S/C25H28N4O2/c1-18-22(16-27-28-18)23(30)29-14-8-13-25(17-29,24(31)26-2)15-20-11-6-7-12-21(20)19-9-4-3-5-10-19/h3-7,9-12,16H,8,13-15,17H2,1-2H3,(H,26,31)(H,27,28)/t25-/m0/s1. The Bertz CT molecular complexity index is 1080. The molecule has 3 aromatic rings. The molecule has 160 valence electrons. The van der Waals surface area contributed by atoms with Crippen molar-refractivity contribution >= 4 is 11.8 Å². The zero-order valence-electron chi connectivity index (χ0n) is 18.0. The molecular weight excluding hydrogens is 388 g/mol. The number of hydrogen-bond donors (Lipinski definition) is 2. The van der Waals surface area contributed by atoms with Gasteiger partial charge in [-0.05, 0) is 42.9 Å². The SMILES string of the molecule is CNC(=O)[C@]1(Cc2ccccc2-c2ccccc2)CCCN(C(=O)c2cn[nH]c2C)C1. The maximum Gasteiger partial charge on any atom is 0.257 e. The lowest BCUT2D eigenvalue weighted by atomic mass is 9.73. The summed E-state index contributed by atoms with van der Waals surface area (Å²) in [5.74, 6) is -0.0904. The summed E-state index contributed by atoms with van der Waals surface area (Å²) in [6, 6.07) is 18.4. The Labute approximate surface area is 182 Å². The number of amides is 2. The minimum Gasteiger partial charge on any atom is -0.359 e. The molecule has 0 spiro atoms. The smallest absolute Gasteiger partial charge is 0.257 e. The van der Waals surface area contributed by atoms with Gasteiger partial charge in [0.15, 0.2) is 0 Å². The number of benzene rings is 2. The van der Waals surface area contributed by atoms with Crippen LogP contribution in [-0.4, -0.2) is 47.0 Å². The molecule has 0 bridgehead atoms. The third-order valence-electron chi connectivity index (χ3n) is 6.26. The van der Waals surface area contributed by atoms with Crippen molar-refractivity contribution in [3.8, 4) is 11.1 Å². The van der Waals surface area contributed by atoms with E-state index in [1.165, 1.54) is 0 Å². The van der Waals surface area contributed by atoms with Crippen molar-refractivity contribution < 1.29 is 9.59 Å². The first-order valence-electron chi connectivity index (χ1n) is 10.7. The molecule has 2 aromatic carbocycles. The number of nitrogens with one attached hydrogen (secondary N) is 2. The monoisotopic (exact) mass is 416 g/mol. The lowest BCUT2D eigenvalue weighted by Gasteiger charge is -2.42. The summed E-state index contributed by atoms with van der Waals surface area (Å²) in [5.41, 5.74) is 4.01. The second kappa shape index (κ2) is 8.76. The molecule has 1 saturated heterocycles. The summed E-state index contributed by atoms with van der Waals surface area (Å²) in [4.78, 5) is 28.2. The predicted molar refractivity (Wildman–Crippen MR) is 121 cm³/mol. The Balaban J connectivity index is 1.68. The van der Waals surface area contributed by atoms with E-state index in [1.54, 1.807) is 13.2 Å². The lowest BCUT2D eigenvalue weighted by Crippen LogP contribution is -2.54. The predicted octanol–water partition coefficient (Wildman–Crippen LogP) is 3.60. The molecule has 4 rings (SSSR count). The topological polar surface area (TPSA) is 78.1 Å². The number of H-pyrrole nitrogens is 1. The summed E-state index contributed by atoms with van der Waals surface area (Å²) in [5, 5.41) is 9.68. The fourth-order valence-electron chi connectivity index (χ4n) is 4.66. The molecule has 1 fully saturated rings. The quantitative estimate of drug-likeness (QED) is 0.667. The Hall–Kier alpha value is -3.41. The molecule has 0 unspecified atom stereocenters. The highest BCUT2D eigenvalue weighted by Crippen LogP contribution is 2.37. The number of aryl methyl sites for hydroxylation is 1. The maximum atomic E-state index is 13.2. The van der Waals surface area contributed by atoms with Crippen molar-refractivity contribution in [2.24, 2.45) is 5.41 Å². The molecule has 6 heteroatoms. The van der Waals surface area contributed by atoms with E-state index in [-0.39, 0.29) is 11.8 Å². The van der Waals surface area contributed by atoms with Gasteiger partial charge >= 0.3 is 0 Å². The number of carbonyl (C=O) groups excluding carboxylic acids is 2. The van der Waals surface area contributed by atoms with Crippen LogP contribution in [-0.2, 0) is 11.2 Å². The largest absolute Gasteiger partial charge is 0.359 e. The Morgan fingerprint density at radius 1 is 1.13 bits per heavy atom. The first kappa shape index (κ1) is 20.8. The Morgan fingerprint density at radius 3 is 2.58 bits per heavy atom. The van der Waals surface area contributed by atoms with Gasteiger partial charge in [-0.25, -0.2) is 0 Å². The average molecular weight is 417 g/mol. The third-order valence-corrected chi connectivity index (χ3v) is 6.26. The van der Waals surface area contributed by atoms with Gasteiger partial charge in [-0.15, -0.1) is 0 Å². The van der Waals surface area contributed by atoms with Gasteiger partial charge < -0.3 is 10.2 Å². The number of likely N-dealkylation sites (tertiary alicyclic amines) is 1. The number of aromatic amines is 1. The minimum atomic E-state index is -0.675. The molecule has 0 radical (unpaired) electrons. The van der Waals surface area contributed by atoms with Gasteiger partial charge in [0, 0.05) is 25.8 Å². The fourth-order valence-corrected chi connectivity index (χ4v) is 4.66. The molecular formula is C25H28N4O2. The number of hydrogen-bond acceptors (Lipinski definition) is 3. The van der Waals surface area contributed by atoms with Crippen molar-refractivity contribution in [3.05, 3.63) is 77.6 Å². The lowest BCUT2D eigenvalue weighted by molar-refractivity contribution is -0.133.